The molecule has 22 heavy (non-hydrogen) atoms. The highest BCUT2D eigenvalue weighted by atomic mass is 16.5. The number of hydrogen-bond acceptors (Lipinski definition) is 4. The molecule has 0 bridgehead atoms. The molecule has 3 rings (SSSR count). The van der Waals surface area contributed by atoms with Gasteiger partial charge in [0.05, 0.1) is 18.4 Å². The summed E-state index contributed by atoms with van der Waals surface area (Å²) in [5.41, 5.74) is 2.37. The highest BCUT2D eigenvalue weighted by Crippen LogP contribution is 2.17. The van der Waals surface area contributed by atoms with Gasteiger partial charge in [-0.1, -0.05) is 18.2 Å². The molecule has 0 atom stereocenters. The summed E-state index contributed by atoms with van der Waals surface area (Å²) >= 11 is 0. The van der Waals surface area contributed by atoms with Crippen LogP contribution in [0.4, 0.5) is 11.5 Å². The summed E-state index contributed by atoms with van der Waals surface area (Å²) in [4.78, 5) is 11.4. The van der Waals surface area contributed by atoms with E-state index in [0.29, 0.717) is 5.56 Å². The molecule has 0 radical (unpaired) electrons. The predicted octanol–water partition coefficient (Wildman–Crippen LogP) is 3.40. The number of carbonyl (C=O) groups excluding carboxylic acids is 1. The molecule has 1 heterocycles. The second kappa shape index (κ2) is 6.13. The molecule has 0 aliphatic rings. The normalized spacial score (nSPS) is 10.2. The number of rotatable bonds is 4. The Morgan fingerprint density at radius 2 is 1.77 bits per heavy atom. The number of methoxy groups -OCH3 is 1. The number of esters is 1. The first kappa shape index (κ1) is 13.9. The molecule has 1 N–H and O–H groups in total. The summed E-state index contributed by atoms with van der Waals surface area (Å²) in [5, 5.41) is 7.66. The van der Waals surface area contributed by atoms with Crippen molar-refractivity contribution < 1.29 is 9.53 Å². The number of benzene rings is 2. The van der Waals surface area contributed by atoms with Crippen molar-refractivity contribution in [2.75, 3.05) is 12.4 Å². The molecule has 0 aliphatic carbocycles. The van der Waals surface area contributed by atoms with Crippen molar-refractivity contribution in [1.82, 2.24) is 9.78 Å². The summed E-state index contributed by atoms with van der Waals surface area (Å²) in [6.07, 6.45) is 1.89. The molecule has 5 nitrogen and oxygen atoms in total. The van der Waals surface area contributed by atoms with Gasteiger partial charge in [-0.3, -0.25) is 0 Å². The largest absolute Gasteiger partial charge is 0.465 e. The third kappa shape index (κ3) is 2.98. The van der Waals surface area contributed by atoms with Gasteiger partial charge in [0.15, 0.2) is 5.82 Å². The molecule has 0 fully saturated rings. The lowest BCUT2D eigenvalue weighted by Gasteiger charge is -2.04. The van der Waals surface area contributed by atoms with Gasteiger partial charge in [-0.25, -0.2) is 9.48 Å². The van der Waals surface area contributed by atoms with E-state index >= 15 is 0 Å². The van der Waals surface area contributed by atoms with E-state index in [1.807, 2.05) is 54.7 Å². The van der Waals surface area contributed by atoms with Gasteiger partial charge in [0, 0.05) is 18.0 Å². The van der Waals surface area contributed by atoms with Crippen LogP contribution in [-0.2, 0) is 4.74 Å². The summed E-state index contributed by atoms with van der Waals surface area (Å²) in [6, 6.07) is 18.8. The van der Waals surface area contributed by atoms with Gasteiger partial charge in [0.2, 0.25) is 0 Å². The van der Waals surface area contributed by atoms with Gasteiger partial charge < -0.3 is 10.1 Å². The van der Waals surface area contributed by atoms with Crippen LogP contribution in [0.15, 0.2) is 66.9 Å². The minimum absolute atomic E-state index is 0.347. The molecule has 110 valence electrons. The Balaban J connectivity index is 1.74. The number of nitrogens with one attached hydrogen (secondary N) is 1. The first-order valence-corrected chi connectivity index (χ1v) is 6.83. The third-order valence-corrected chi connectivity index (χ3v) is 3.19. The minimum atomic E-state index is -0.347. The summed E-state index contributed by atoms with van der Waals surface area (Å²) in [6.45, 7) is 0. The van der Waals surface area contributed by atoms with Crippen LogP contribution in [0.3, 0.4) is 0 Å². The van der Waals surface area contributed by atoms with E-state index < -0.39 is 0 Å². The van der Waals surface area contributed by atoms with Crippen LogP contribution in [-0.4, -0.2) is 22.9 Å². The highest BCUT2D eigenvalue weighted by Gasteiger charge is 2.05. The van der Waals surface area contributed by atoms with E-state index in [2.05, 4.69) is 15.2 Å². The first-order valence-electron chi connectivity index (χ1n) is 6.83. The summed E-state index contributed by atoms with van der Waals surface area (Å²) in [5.74, 6) is 0.384. The quantitative estimate of drug-likeness (QED) is 0.749. The topological polar surface area (TPSA) is 56.1 Å². The zero-order chi connectivity index (χ0) is 15.4. The van der Waals surface area contributed by atoms with E-state index in [1.54, 1.807) is 16.8 Å². The molecule has 3 aromatic rings. The van der Waals surface area contributed by atoms with Crippen molar-refractivity contribution in [3.05, 3.63) is 72.4 Å². The van der Waals surface area contributed by atoms with Gasteiger partial charge in [0.25, 0.3) is 0 Å². The Kier molecular flexibility index (Phi) is 3.87. The van der Waals surface area contributed by atoms with Crippen molar-refractivity contribution in [3.8, 4) is 5.69 Å². The van der Waals surface area contributed by atoms with E-state index in [9.17, 15) is 4.79 Å². The second-order valence-corrected chi connectivity index (χ2v) is 4.68. The number of carbonyl (C=O) groups is 1. The lowest BCUT2D eigenvalue weighted by Crippen LogP contribution is -2.01. The van der Waals surface area contributed by atoms with Crippen molar-refractivity contribution in [1.29, 1.82) is 0 Å². The molecule has 0 saturated carbocycles. The van der Waals surface area contributed by atoms with Crippen molar-refractivity contribution in [2.24, 2.45) is 0 Å². The lowest BCUT2D eigenvalue weighted by atomic mass is 10.2. The zero-order valence-corrected chi connectivity index (χ0v) is 12.1. The highest BCUT2D eigenvalue weighted by molar-refractivity contribution is 5.89. The van der Waals surface area contributed by atoms with E-state index in [1.165, 1.54) is 7.11 Å². The van der Waals surface area contributed by atoms with E-state index in [-0.39, 0.29) is 5.97 Å². The maximum absolute atomic E-state index is 11.4. The Morgan fingerprint density at radius 1 is 1.05 bits per heavy atom. The van der Waals surface area contributed by atoms with Crippen LogP contribution in [0.25, 0.3) is 5.69 Å². The maximum atomic E-state index is 11.4. The number of para-hydroxylation sites is 1. The number of nitrogens with zero attached hydrogens (tertiary/aromatic N) is 2. The molecule has 0 saturated heterocycles. The van der Waals surface area contributed by atoms with Crippen LogP contribution >= 0.6 is 0 Å². The Morgan fingerprint density at radius 3 is 2.45 bits per heavy atom. The first-order chi connectivity index (χ1) is 10.8. The average Bonchev–Trinajstić information content (AvgIpc) is 3.04. The molecular formula is C17H15N3O2. The molecule has 0 spiro atoms. The summed E-state index contributed by atoms with van der Waals surface area (Å²) in [7, 11) is 1.37. The van der Waals surface area contributed by atoms with Gasteiger partial charge in [-0.15, -0.1) is 0 Å². The number of ether oxygens (including phenoxy) is 1. The third-order valence-electron chi connectivity index (χ3n) is 3.19. The minimum Gasteiger partial charge on any atom is -0.465 e. The standard InChI is InChI=1S/C17H15N3O2/c1-22-17(21)13-7-9-14(10-8-13)18-16-11-12-20(19-16)15-5-3-2-4-6-15/h2-12H,1H3,(H,18,19). The number of anilines is 2. The van der Waals surface area contributed by atoms with Gasteiger partial charge >= 0.3 is 5.97 Å². The number of hydrogen-bond donors (Lipinski definition) is 1. The molecule has 5 heteroatoms. The monoisotopic (exact) mass is 293 g/mol. The molecular weight excluding hydrogens is 278 g/mol. The predicted molar refractivity (Wildman–Crippen MR) is 84.6 cm³/mol. The fourth-order valence-electron chi connectivity index (χ4n) is 2.07. The van der Waals surface area contributed by atoms with E-state index in [4.69, 9.17) is 0 Å². The lowest BCUT2D eigenvalue weighted by molar-refractivity contribution is 0.0601. The van der Waals surface area contributed by atoms with Gasteiger partial charge in [-0.05, 0) is 36.4 Å². The molecule has 0 unspecified atom stereocenters. The van der Waals surface area contributed by atoms with Crippen LogP contribution in [0.5, 0.6) is 0 Å². The number of aromatic nitrogens is 2. The van der Waals surface area contributed by atoms with Crippen molar-refractivity contribution >= 4 is 17.5 Å². The molecule has 0 aliphatic heterocycles. The smallest absolute Gasteiger partial charge is 0.337 e. The SMILES string of the molecule is COC(=O)c1ccc(Nc2ccn(-c3ccccc3)n2)cc1. The van der Waals surface area contributed by atoms with Crippen LogP contribution in [0.2, 0.25) is 0 Å². The van der Waals surface area contributed by atoms with Gasteiger partial charge in [-0.2, -0.15) is 5.10 Å². The molecule has 0 amide bonds. The van der Waals surface area contributed by atoms with Crippen molar-refractivity contribution in [2.45, 2.75) is 0 Å². The van der Waals surface area contributed by atoms with Crippen LogP contribution in [0.1, 0.15) is 10.4 Å². The Hall–Kier alpha value is -3.08. The zero-order valence-electron chi connectivity index (χ0n) is 12.1. The second-order valence-electron chi connectivity index (χ2n) is 4.68. The molecule has 1 aromatic heterocycles. The van der Waals surface area contributed by atoms with Crippen molar-refractivity contribution in [3.63, 3.8) is 0 Å². The summed E-state index contributed by atoms with van der Waals surface area (Å²) < 4.78 is 6.47. The average molecular weight is 293 g/mol. The van der Waals surface area contributed by atoms with Crippen LogP contribution in [0, 0.1) is 0 Å². The fraction of sp³-hybridized carbons (Fsp3) is 0.0588. The fourth-order valence-corrected chi connectivity index (χ4v) is 2.07. The maximum Gasteiger partial charge on any atom is 0.337 e. The van der Waals surface area contributed by atoms with Crippen LogP contribution < -0.4 is 5.32 Å². The van der Waals surface area contributed by atoms with Gasteiger partial charge in [0.1, 0.15) is 0 Å². The Bertz CT molecular complexity index is 764. The van der Waals surface area contributed by atoms with E-state index in [0.717, 1.165) is 17.2 Å². The molecule has 2 aromatic carbocycles. The Labute approximate surface area is 128 Å².